The zero-order valence-corrected chi connectivity index (χ0v) is 17.9. The molecule has 3 aromatic rings. The van der Waals surface area contributed by atoms with E-state index in [1.54, 1.807) is 38.1 Å². The van der Waals surface area contributed by atoms with Gasteiger partial charge in [-0.15, -0.1) is 10.2 Å². The molecule has 4 rings (SSSR count). The number of hydrogen-bond acceptors (Lipinski definition) is 5. The predicted octanol–water partition coefficient (Wildman–Crippen LogP) is 5.49. The van der Waals surface area contributed by atoms with Gasteiger partial charge in [-0.25, -0.2) is 4.39 Å². The van der Waals surface area contributed by atoms with Gasteiger partial charge in [0, 0.05) is 11.8 Å². The van der Waals surface area contributed by atoms with Crippen LogP contribution in [-0.4, -0.2) is 29.0 Å². The molecule has 1 heterocycles. The third-order valence-corrected chi connectivity index (χ3v) is 6.47. The summed E-state index contributed by atoms with van der Waals surface area (Å²) in [7, 11) is 3.23. The van der Waals surface area contributed by atoms with Crippen LogP contribution in [0.15, 0.2) is 46.0 Å². The summed E-state index contributed by atoms with van der Waals surface area (Å²) in [6, 6.07) is 10.9. The first-order valence-corrected chi connectivity index (χ1v) is 10.6. The van der Waals surface area contributed by atoms with Crippen molar-refractivity contribution in [2.75, 3.05) is 14.2 Å². The van der Waals surface area contributed by atoms with Gasteiger partial charge in [0.05, 0.1) is 24.3 Å². The fraction of sp³-hybridized carbons (Fsp3) is 0.300. The summed E-state index contributed by atoms with van der Waals surface area (Å²) in [5.41, 5.74) is 1.54. The highest BCUT2D eigenvalue weighted by Gasteiger charge is 2.31. The smallest absolute Gasteiger partial charge is 0.192 e. The molecular weight excluding hydrogens is 445 g/mol. The molecule has 0 N–H and O–H groups in total. The van der Waals surface area contributed by atoms with E-state index >= 15 is 0 Å². The Labute approximate surface area is 175 Å². The van der Waals surface area contributed by atoms with Gasteiger partial charge in [0.25, 0.3) is 0 Å². The topological polar surface area (TPSA) is 49.2 Å². The van der Waals surface area contributed by atoms with Crippen LogP contribution in [0.3, 0.4) is 0 Å². The SMILES string of the molecule is COc1ccc(CSc2nnc(-c3ccccc3F)n2C2CC2)c(Br)c1OC. The lowest BCUT2D eigenvalue weighted by molar-refractivity contribution is 0.353. The molecule has 0 spiro atoms. The molecule has 1 aliphatic rings. The maximum Gasteiger partial charge on any atom is 0.192 e. The standard InChI is InChI=1S/C20H19BrFN3O2S/c1-26-16-10-7-12(17(21)18(16)27-2)11-28-20-24-23-19(25(20)13-8-9-13)14-5-3-4-6-15(14)22/h3-7,10,13H,8-9,11H2,1-2H3. The minimum Gasteiger partial charge on any atom is -0.493 e. The van der Waals surface area contributed by atoms with Crippen LogP contribution in [-0.2, 0) is 5.75 Å². The van der Waals surface area contributed by atoms with Crippen molar-refractivity contribution in [3.63, 3.8) is 0 Å². The van der Waals surface area contributed by atoms with Gasteiger partial charge in [-0.2, -0.15) is 0 Å². The van der Waals surface area contributed by atoms with Crippen LogP contribution in [0.4, 0.5) is 4.39 Å². The summed E-state index contributed by atoms with van der Waals surface area (Å²) in [5.74, 6) is 2.32. The summed E-state index contributed by atoms with van der Waals surface area (Å²) >= 11 is 5.18. The lowest BCUT2D eigenvalue weighted by atomic mass is 10.2. The number of ether oxygens (including phenoxy) is 2. The molecule has 0 amide bonds. The molecule has 0 bridgehead atoms. The van der Waals surface area contributed by atoms with E-state index in [9.17, 15) is 4.39 Å². The summed E-state index contributed by atoms with van der Waals surface area (Å²) in [6.07, 6.45) is 2.13. The van der Waals surface area contributed by atoms with Crippen LogP contribution < -0.4 is 9.47 Å². The first-order chi connectivity index (χ1) is 13.6. The lowest BCUT2D eigenvalue weighted by Crippen LogP contribution is -2.01. The van der Waals surface area contributed by atoms with Crippen molar-refractivity contribution in [2.45, 2.75) is 29.8 Å². The van der Waals surface area contributed by atoms with E-state index in [4.69, 9.17) is 9.47 Å². The number of hydrogen-bond donors (Lipinski definition) is 0. The molecule has 0 aliphatic heterocycles. The Morgan fingerprint density at radius 1 is 1.14 bits per heavy atom. The predicted molar refractivity (Wildman–Crippen MR) is 110 cm³/mol. The molecule has 0 saturated heterocycles. The zero-order valence-electron chi connectivity index (χ0n) is 15.5. The number of rotatable bonds is 7. The molecular formula is C20H19BrFN3O2S. The van der Waals surface area contributed by atoms with E-state index in [1.807, 2.05) is 18.2 Å². The number of methoxy groups -OCH3 is 2. The van der Waals surface area contributed by atoms with Gasteiger partial charge in [-0.05, 0) is 52.5 Å². The second kappa shape index (κ2) is 8.13. The quantitative estimate of drug-likeness (QED) is 0.433. The summed E-state index contributed by atoms with van der Waals surface area (Å²) in [4.78, 5) is 0. The number of thioether (sulfide) groups is 1. The molecule has 1 fully saturated rings. The third-order valence-electron chi connectivity index (χ3n) is 4.61. The maximum absolute atomic E-state index is 14.3. The van der Waals surface area contributed by atoms with Gasteiger partial charge in [0.1, 0.15) is 5.82 Å². The molecule has 1 aliphatic carbocycles. The first-order valence-electron chi connectivity index (χ1n) is 8.86. The highest BCUT2D eigenvalue weighted by Crippen LogP contribution is 2.43. The Kier molecular flexibility index (Phi) is 5.59. The van der Waals surface area contributed by atoms with Gasteiger partial charge in [-0.3, -0.25) is 4.57 Å². The van der Waals surface area contributed by atoms with Crippen molar-refractivity contribution in [3.8, 4) is 22.9 Å². The Balaban J connectivity index is 1.63. The summed E-state index contributed by atoms with van der Waals surface area (Å²) in [6.45, 7) is 0. The lowest BCUT2D eigenvalue weighted by Gasteiger charge is -2.13. The largest absolute Gasteiger partial charge is 0.493 e. The maximum atomic E-state index is 14.3. The first kappa shape index (κ1) is 19.3. The minimum atomic E-state index is -0.281. The van der Waals surface area contributed by atoms with Gasteiger partial charge >= 0.3 is 0 Å². The summed E-state index contributed by atoms with van der Waals surface area (Å²) in [5, 5.41) is 9.45. The van der Waals surface area contributed by atoms with E-state index < -0.39 is 0 Å². The summed E-state index contributed by atoms with van der Waals surface area (Å²) < 4.78 is 28.0. The number of benzene rings is 2. The Morgan fingerprint density at radius 2 is 1.93 bits per heavy atom. The molecule has 146 valence electrons. The van der Waals surface area contributed by atoms with Gasteiger partial charge in [-0.1, -0.05) is 30.0 Å². The van der Waals surface area contributed by atoms with Gasteiger partial charge < -0.3 is 9.47 Å². The molecule has 5 nitrogen and oxygen atoms in total. The number of aromatic nitrogens is 3. The van der Waals surface area contributed by atoms with Gasteiger partial charge in [0.15, 0.2) is 22.5 Å². The van der Waals surface area contributed by atoms with E-state index in [-0.39, 0.29) is 5.82 Å². The van der Waals surface area contributed by atoms with Crippen molar-refractivity contribution in [3.05, 3.63) is 52.3 Å². The van der Waals surface area contributed by atoms with E-state index in [1.165, 1.54) is 6.07 Å². The number of nitrogens with zero attached hydrogens (tertiary/aromatic N) is 3. The molecule has 28 heavy (non-hydrogen) atoms. The molecule has 0 atom stereocenters. The van der Waals surface area contributed by atoms with Crippen LogP contribution in [0.2, 0.25) is 0 Å². The van der Waals surface area contributed by atoms with Gasteiger partial charge in [0.2, 0.25) is 0 Å². The van der Waals surface area contributed by atoms with E-state index in [0.717, 1.165) is 28.0 Å². The highest BCUT2D eigenvalue weighted by molar-refractivity contribution is 9.10. The minimum absolute atomic E-state index is 0.281. The van der Waals surface area contributed by atoms with Crippen molar-refractivity contribution in [1.82, 2.24) is 14.8 Å². The zero-order chi connectivity index (χ0) is 19.7. The Bertz CT molecular complexity index is 1010. The molecule has 1 aromatic heterocycles. The molecule has 0 unspecified atom stereocenters. The second-order valence-electron chi connectivity index (χ2n) is 6.45. The average molecular weight is 464 g/mol. The molecule has 1 saturated carbocycles. The monoisotopic (exact) mass is 463 g/mol. The fourth-order valence-electron chi connectivity index (χ4n) is 3.05. The molecule has 2 aromatic carbocycles. The van der Waals surface area contributed by atoms with Crippen LogP contribution in [0, 0.1) is 5.82 Å². The molecule has 8 heteroatoms. The average Bonchev–Trinajstić information content (AvgIpc) is 3.46. The van der Waals surface area contributed by atoms with Crippen LogP contribution in [0.25, 0.3) is 11.4 Å². The van der Waals surface area contributed by atoms with Crippen LogP contribution in [0.1, 0.15) is 24.4 Å². The van der Waals surface area contributed by atoms with Crippen LogP contribution >= 0.6 is 27.7 Å². The molecule has 0 radical (unpaired) electrons. The third kappa shape index (κ3) is 3.63. The van der Waals surface area contributed by atoms with Crippen molar-refractivity contribution < 1.29 is 13.9 Å². The Morgan fingerprint density at radius 3 is 2.61 bits per heavy atom. The van der Waals surface area contributed by atoms with E-state index in [0.29, 0.717) is 34.7 Å². The number of halogens is 2. The van der Waals surface area contributed by atoms with E-state index in [2.05, 4.69) is 30.7 Å². The van der Waals surface area contributed by atoms with Crippen LogP contribution in [0.5, 0.6) is 11.5 Å². The van der Waals surface area contributed by atoms with Crippen molar-refractivity contribution >= 4 is 27.7 Å². The highest BCUT2D eigenvalue weighted by atomic mass is 79.9. The second-order valence-corrected chi connectivity index (χ2v) is 8.19. The Hall–Kier alpha value is -2.06. The fourth-order valence-corrected chi connectivity index (χ4v) is 4.86. The normalized spacial score (nSPS) is 13.6. The van der Waals surface area contributed by atoms with Crippen molar-refractivity contribution in [2.24, 2.45) is 0 Å². The van der Waals surface area contributed by atoms with Crippen molar-refractivity contribution in [1.29, 1.82) is 0 Å².